The van der Waals surface area contributed by atoms with E-state index < -0.39 is 0 Å². The highest BCUT2D eigenvalue weighted by molar-refractivity contribution is 14.0. The smallest absolute Gasteiger partial charge is 0.192 e. The molecule has 7 heteroatoms. The number of nitrogens with one attached hydrogen (secondary N) is 2. The third-order valence-electron chi connectivity index (χ3n) is 4.82. The number of nitrogens with zero attached hydrogens (tertiary/aromatic N) is 4. The molecule has 0 aliphatic heterocycles. The molecule has 0 spiro atoms. The Labute approximate surface area is 169 Å². The average Bonchev–Trinajstić information content (AvgIpc) is 3.15. The zero-order chi connectivity index (χ0) is 17.5. The Bertz CT molecular complexity index is 534. The van der Waals surface area contributed by atoms with Crippen LogP contribution in [0.4, 0.5) is 0 Å². The molecular weight excluding hydrogens is 427 g/mol. The molecule has 1 unspecified atom stereocenters. The van der Waals surface area contributed by atoms with Crippen LogP contribution in [-0.2, 0) is 13.6 Å². The van der Waals surface area contributed by atoms with Crippen molar-refractivity contribution in [3.8, 4) is 0 Å². The lowest BCUT2D eigenvalue weighted by molar-refractivity contribution is 0.484. The molecule has 2 rings (SSSR count). The summed E-state index contributed by atoms with van der Waals surface area (Å²) >= 11 is 0. The van der Waals surface area contributed by atoms with Crippen molar-refractivity contribution < 1.29 is 0 Å². The normalized spacial score (nSPS) is 16.8. The highest BCUT2D eigenvalue weighted by Gasteiger charge is 2.17. The summed E-state index contributed by atoms with van der Waals surface area (Å²) in [5, 5.41) is 15.5. The van der Waals surface area contributed by atoms with E-state index in [1.54, 1.807) is 0 Å². The lowest BCUT2D eigenvalue weighted by Crippen LogP contribution is -2.46. The summed E-state index contributed by atoms with van der Waals surface area (Å²) in [5.41, 5.74) is 0. The fourth-order valence-corrected chi connectivity index (χ4v) is 3.02. The highest BCUT2D eigenvalue weighted by Crippen LogP contribution is 2.17. The van der Waals surface area contributed by atoms with Gasteiger partial charge in [0.2, 0.25) is 0 Å². The monoisotopic (exact) mass is 462 g/mol. The van der Waals surface area contributed by atoms with Crippen LogP contribution in [0.15, 0.2) is 4.99 Å². The topological polar surface area (TPSA) is 67.1 Å². The SMILES string of the molecule is Cc1nnc(CN=C(NC(C)CCC(C)C)NC2CCCC2)n1C.I. The number of rotatable bonds is 7. The summed E-state index contributed by atoms with van der Waals surface area (Å²) in [7, 11) is 1.99. The summed E-state index contributed by atoms with van der Waals surface area (Å²) < 4.78 is 2.00. The van der Waals surface area contributed by atoms with Crippen LogP contribution in [0, 0.1) is 12.8 Å². The molecular formula is C18H35IN6. The minimum Gasteiger partial charge on any atom is -0.354 e. The number of guanidine groups is 1. The average molecular weight is 462 g/mol. The minimum absolute atomic E-state index is 0. The molecule has 1 aliphatic rings. The molecule has 1 atom stereocenters. The van der Waals surface area contributed by atoms with Crippen LogP contribution in [0.25, 0.3) is 0 Å². The first-order chi connectivity index (χ1) is 11.5. The Morgan fingerprint density at radius 3 is 2.44 bits per heavy atom. The van der Waals surface area contributed by atoms with Crippen LogP contribution in [0.1, 0.15) is 70.9 Å². The van der Waals surface area contributed by atoms with Gasteiger partial charge in [0, 0.05) is 19.1 Å². The van der Waals surface area contributed by atoms with Gasteiger partial charge in [-0.1, -0.05) is 26.7 Å². The Kier molecular flexibility index (Phi) is 9.74. The fourth-order valence-electron chi connectivity index (χ4n) is 3.02. The molecule has 0 saturated heterocycles. The molecule has 144 valence electrons. The molecule has 2 N–H and O–H groups in total. The Morgan fingerprint density at radius 2 is 1.88 bits per heavy atom. The molecule has 1 heterocycles. The van der Waals surface area contributed by atoms with E-state index in [0.717, 1.165) is 29.9 Å². The maximum Gasteiger partial charge on any atom is 0.192 e. The number of aromatic nitrogens is 3. The van der Waals surface area contributed by atoms with Crippen LogP contribution in [0.5, 0.6) is 0 Å². The Morgan fingerprint density at radius 1 is 1.20 bits per heavy atom. The van der Waals surface area contributed by atoms with Gasteiger partial charge in [0.25, 0.3) is 0 Å². The van der Waals surface area contributed by atoms with Gasteiger partial charge in [-0.05, 0) is 45.4 Å². The zero-order valence-electron chi connectivity index (χ0n) is 16.4. The summed E-state index contributed by atoms with van der Waals surface area (Å²) in [6.45, 7) is 9.30. The molecule has 25 heavy (non-hydrogen) atoms. The predicted molar refractivity (Wildman–Crippen MR) is 114 cm³/mol. The molecule has 1 fully saturated rings. The third-order valence-corrected chi connectivity index (χ3v) is 4.82. The first-order valence-electron chi connectivity index (χ1n) is 9.38. The number of halogens is 1. The van der Waals surface area contributed by atoms with E-state index >= 15 is 0 Å². The summed E-state index contributed by atoms with van der Waals surface area (Å²) in [5.74, 6) is 3.47. The predicted octanol–water partition coefficient (Wildman–Crippen LogP) is 3.54. The van der Waals surface area contributed by atoms with Gasteiger partial charge in [-0.3, -0.25) is 0 Å². The van der Waals surface area contributed by atoms with Crippen molar-refractivity contribution in [3.63, 3.8) is 0 Å². The van der Waals surface area contributed by atoms with Gasteiger partial charge in [-0.25, -0.2) is 4.99 Å². The van der Waals surface area contributed by atoms with Crippen LogP contribution in [0.2, 0.25) is 0 Å². The lowest BCUT2D eigenvalue weighted by Gasteiger charge is -2.22. The number of aliphatic imine (C=N–C) groups is 1. The van der Waals surface area contributed by atoms with Crippen molar-refractivity contribution >= 4 is 29.9 Å². The first-order valence-corrected chi connectivity index (χ1v) is 9.38. The Hall–Kier alpha value is -0.860. The van der Waals surface area contributed by atoms with E-state index in [2.05, 4.69) is 41.6 Å². The zero-order valence-corrected chi connectivity index (χ0v) is 18.7. The van der Waals surface area contributed by atoms with Crippen LogP contribution in [0.3, 0.4) is 0 Å². The molecule has 0 bridgehead atoms. The molecule has 1 aliphatic carbocycles. The molecule has 1 aromatic rings. The van der Waals surface area contributed by atoms with E-state index in [4.69, 9.17) is 4.99 Å². The second kappa shape index (κ2) is 11.0. The van der Waals surface area contributed by atoms with E-state index in [1.807, 2.05) is 18.5 Å². The van der Waals surface area contributed by atoms with Gasteiger partial charge in [-0.15, -0.1) is 34.2 Å². The van der Waals surface area contributed by atoms with Gasteiger partial charge in [0.15, 0.2) is 11.8 Å². The van der Waals surface area contributed by atoms with Crippen molar-refractivity contribution in [2.75, 3.05) is 0 Å². The van der Waals surface area contributed by atoms with Crippen LogP contribution >= 0.6 is 24.0 Å². The number of aryl methyl sites for hydroxylation is 1. The molecule has 1 saturated carbocycles. The largest absolute Gasteiger partial charge is 0.354 e. The first kappa shape index (κ1) is 22.2. The summed E-state index contributed by atoms with van der Waals surface area (Å²) in [6.07, 6.45) is 7.50. The van der Waals surface area contributed by atoms with Gasteiger partial charge in [-0.2, -0.15) is 0 Å². The Balaban J connectivity index is 0.00000312. The number of hydrogen-bond acceptors (Lipinski definition) is 3. The van der Waals surface area contributed by atoms with Crippen molar-refractivity contribution in [2.45, 2.75) is 84.8 Å². The van der Waals surface area contributed by atoms with Gasteiger partial charge in [0.1, 0.15) is 12.4 Å². The quantitative estimate of drug-likeness (QED) is 0.370. The van der Waals surface area contributed by atoms with Crippen molar-refractivity contribution in [2.24, 2.45) is 18.0 Å². The molecule has 6 nitrogen and oxygen atoms in total. The van der Waals surface area contributed by atoms with Gasteiger partial charge in [0.05, 0.1) is 0 Å². The van der Waals surface area contributed by atoms with Crippen LogP contribution < -0.4 is 10.6 Å². The maximum atomic E-state index is 4.77. The van der Waals surface area contributed by atoms with Crippen molar-refractivity contribution in [1.29, 1.82) is 0 Å². The molecule has 0 amide bonds. The molecule has 0 aromatic carbocycles. The minimum atomic E-state index is 0. The van der Waals surface area contributed by atoms with E-state index in [1.165, 1.54) is 32.1 Å². The molecule has 0 radical (unpaired) electrons. The van der Waals surface area contributed by atoms with Gasteiger partial charge >= 0.3 is 0 Å². The highest BCUT2D eigenvalue weighted by atomic mass is 127. The van der Waals surface area contributed by atoms with Crippen LogP contribution in [-0.4, -0.2) is 32.8 Å². The summed E-state index contributed by atoms with van der Waals surface area (Å²) in [6, 6.07) is 0.969. The molecule has 1 aromatic heterocycles. The number of hydrogen-bond donors (Lipinski definition) is 2. The second-order valence-corrected chi connectivity index (χ2v) is 7.53. The summed E-state index contributed by atoms with van der Waals surface area (Å²) in [4.78, 5) is 4.77. The van der Waals surface area contributed by atoms with Crippen molar-refractivity contribution in [1.82, 2.24) is 25.4 Å². The standard InChI is InChI=1S/C18H34N6.HI/c1-13(2)10-11-14(3)20-18(21-16-8-6-7-9-16)19-12-17-23-22-15(4)24(17)5;/h13-14,16H,6-12H2,1-5H3,(H2,19,20,21);1H. The lowest BCUT2D eigenvalue weighted by atomic mass is 10.0. The second-order valence-electron chi connectivity index (χ2n) is 7.53. The van der Waals surface area contributed by atoms with E-state index in [-0.39, 0.29) is 24.0 Å². The fraction of sp³-hybridized carbons (Fsp3) is 0.833. The maximum absolute atomic E-state index is 4.77. The van der Waals surface area contributed by atoms with E-state index in [9.17, 15) is 0 Å². The van der Waals surface area contributed by atoms with E-state index in [0.29, 0.717) is 18.6 Å². The third kappa shape index (κ3) is 7.50. The van der Waals surface area contributed by atoms with Crippen molar-refractivity contribution in [3.05, 3.63) is 11.6 Å². The van der Waals surface area contributed by atoms with Gasteiger partial charge < -0.3 is 15.2 Å².